The third kappa shape index (κ3) is 4.27. The summed E-state index contributed by atoms with van der Waals surface area (Å²) < 4.78 is 5.34. The smallest absolute Gasteiger partial charge is 0.269 e. The second-order valence-electron chi connectivity index (χ2n) is 5.47. The van der Waals surface area contributed by atoms with E-state index in [1.54, 1.807) is 12.1 Å². The van der Waals surface area contributed by atoms with E-state index >= 15 is 0 Å². The highest BCUT2D eigenvalue weighted by molar-refractivity contribution is 5.99. The highest BCUT2D eigenvalue weighted by Gasteiger charge is 2.13. The van der Waals surface area contributed by atoms with Crippen LogP contribution in [0, 0.1) is 10.1 Å². The lowest BCUT2D eigenvalue weighted by molar-refractivity contribution is -0.384. The second kappa shape index (κ2) is 7.67. The Kier molecular flexibility index (Phi) is 5.14. The quantitative estimate of drug-likeness (QED) is 0.503. The van der Waals surface area contributed by atoms with Gasteiger partial charge in [-0.15, -0.1) is 0 Å². The Hall–Kier alpha value is -3.07. The van der Waals surface area contributed by atoms with E-state index in [1.165, 1.54) is 18.5 Å². The average molecular weight is 342 g/mol. The maximum atomic E-state index is 10.7. The number of nitro benzene ring substituents is 1. The lowest BCUT2D eigenvalue weighted by Gasteiger charge is -2.27. The summed E-state index contributed by atoms with van der Waals surface area (Å²) in [5.74, 6) is 1.40. The van der Waals surface area contributed by atoms with Crippen LogP contribution in [-0.4, -0.2) is 46.9 Å². The molecule has 1 N–H and O–H groups in total. The molecule has 1 aliphatic heterocycles. The Balaban J connectivity index is 1.69. The lowest BCUT2D eigenvalue weighted by atomic mass is 10.1. The zero-order chi connectivity index (χ0) is 17.6. The summed E-state index contributed by atoms with van der Waals surface area (Å²) in [5, 5.41) is 15.0. The van der Waals surface area contributed by atoms with Gasteiger partial charge in [0, 0.05) is 31.3 Å². The summed E-state index contributed by atoms with van der Waals surface area (Å²) in [6, 6.07) is 8.07. The molecule has 1 fully saturated rings. The van der Waals surface area contributed by atoms with Gasteiger partial charge in [-0.2, -0.15) is 5.10 Å². The Morgan fingerprint density at radius 3 is 2.68 bits per heavy atom. The van der Waals surface area contributed by atoms with Gasteiger partial charge in [0.25, 0.3) is 5.69 Å². The number of rotatable bonds is 5. The minimum absolute atomic E-state index is 0.0514. The van der Waals surface area contributed by atoms with E-state index in [0.29, 0.717) is 24.7 Å². The molecule has 0 atom stereocenters. The number of nitrogens with zero attached hydrogens (tertiary/aromatic N) is 5. The third-order valence-corrected chi connectivity index (χ3v) is 3.82. The van der Waals surface area contributed by atoms with E-state index in [-0.39, 0.29) is 5.69 Å². The maximum absolute atomic E-state index is 10.7. The molecular weight excluding hydrogens is 324 g/mol. The van der Waals surface area contributed by atoms with Gasteiger partial charge in [-0.1, -0.05) is 0 Å². The molecular formula is C16H18N6O3. The number of hydrogen-bond donors (Lipinski definition) is 1. The van der Waals surface area contributed by atoms with Crippen molar-refractivity contribution in [3.63, 3.8) is 0 Å². The molecule has 9 nitrogen and oxygen atoms in total. The van der Waals surface area contributed by atoms with E-state index in [1.807, 2.05) is 13.0 Å². The normalized spacial score (nSPS) is 15.1. The van der Waals surface area contributed by atoms with Crippen molar-refractivity contribution in [1.29, 1.82) is 0 Å². The number of nitro groups is 1. The number of benzene rings is 1. The molecule has 0 aliphatic carbocycles. The van der Waals surface area contributed by atoms with Crippen molar-refractivity contribution in [3.8, 4) is 0 Å². The molecule has 130 valence electrons. The number of morpholine rings is 1. The van der Waals surface area contributed by atoms with E-state index in [2.05, 4.69) is 25.4 Å². The lowest BCUT2D eigenvalue weighted by Crippen LogP contribution is -2.36. The SMILES string of the molecule is CC(=NNc1cc(N2CCOCC2)ncn1)c1ccc([N+](=O)[O-])cc1. The molecule has 0 bridgehead atoms. The number of ether oxygens (including phenoxy) is 1. The van der Waals surface area contributed by atoms with Gasteiger partial charge in [0.05, 0.1) is 23.8 Å². The molecule has 3 rings (SSSR count). The molecule has 2 heterocycles. The largest absolute Gasteiger partial charge is 0.378 e. The summed E-state index contributed by atoms with van der Waals surface area (Å²) in [6.07, 6.45) is 1.49. The van der Waals surface area contributed by atoms with Crippen LogP contribution in [0.3, 0.4) is 0 Å². The predicted octanol–water partition coefficient (Wildman–Crippen LogP) is 2.06. The van der Waals surface area contributed by atoms with Crippen molar-refractivity contribution in [2.24, 2.45) is 5.10 Å². The first kappa shape index (κ1) is 16.8. The van der Waals surface area contributed by atoms with Crippen molar-refractivity contribution < 1.29 is 9.66 Å². The first-order valence-corrected chi connectivity index (χ1v) is 7.83. The van der Waals surface area contributed by atoms with E-state index in [4.69, 9.17) is 4.74 Å². The van der Waals surface area contributed by atoms with Gasteiger partial charge in [-0.05, 0) is 24.6 Å². The molecule has 0 saturated carbocycles. The maximum Gasteiger partial charge on any atom is 0.269 e. The molecule has 1 aliphatic rings. The summed E-state index contributed by atoms with van der Waals surface area (Å²) in [7, 11) is 0. The van der Waals surface area contributed by atoms with Gasteiger partial charge in [-0.3, -0.25) is 15.5 Å². The first-order chi connectivity index (χ1) is 12.1. The number of anilines is 2. The zero-order valence-electron chi connectivity index (χ0n) is 13.8. The fourth-order valence-electron chi connectivity index (χ4n) is 2.40. The third-order valence-electron chi connectivity index (χ3n) is 3.82. The van der Waals surface area contributed by atoms with Crippen LogP contribution in [0.2, 0.25) is 0 Å². The van der Waals surface area contributed by atoms with Gasteiger partial charge in [0.2, 0.25) is 0 Å². The molecule has 1 saturated heterocycles. The minimum atomic E-state index is -0.428. The van der Waals surface area contributed by atoms with Gasteiger partial charge in [-0.25, -0.2) is 9.97 Å². The predicted molar refractivity (Wildman–Crippen MR) is 94.0 cm³/mol. The molecule has 2 aromatic rings. The van der Waals surface area contributed by atoms with Crippen molar-refractivity contribution in [1.82, 2.24) is 9.97 Å². The molecule has 1 aromatic carbocycles. The van der Waals surface area contributed by atoms with Gasteiger partial charge < -0.3 is 9.64 Å². The molecule has 0 radical (unpaired) electrons. The molecule has 25 heavy (non-hydrogen) atoms. The number of hydrazone groups is 1. The van der Waals surface area contributed by atoms with Crippen molar-refractivity contribution in [3.05, 3.63) is 52.3 Å². The standard InChI is InChI=1S/C16H18N6O3/c1-12(13-2-4-14(5-3-13)22(23)24)19-20-15-10-16(18-11-17-15)21-6-8-25-9-7-21/h2-5,10-11H,6-9H2,1H3,(H,17,18,20). The van der Waals surface area contributed by atoms with E-state index in [0.717, 1.165) is 24.5 Å². The fraction of sp³-hybridized carbons (Fsp3) is 0.312. The van der Waals surface area contributed by atoms with Crippen LogP contribution in [0.25, 0.3) is 0 Å². The van der Waals surface area contributed by atoms with Crippen molar-refractivity contribution in [2.75, 3.05) is 36.6 Å². The van der Waals surface area contributed by atoms with Crippen molar-refractivity contribution in [2.45, 2.75) is 6.92 Å². The summed E-state index contributed by atoms with van der Waals surface area (Å²) >= 11 is 0. The van der Waals surface area contributed by atoms with Crippen LogP contribution in [0.1, 0.15) is 12.5 Å². The molecule has 1 aromatic heterocycles. The molecule has 0 unspecified atom stereocenters. The Labute approximate surface area is 144 Å². The van der Waals surface area contributed by atoms with Crippen LogP contribution in [0.5, 0.6) is 0 Å². The highest BCUT2D eigenvalue weighted by Crippen LogP contribution is 2.16. The minimum Gasteiger partial charge on any atom is -0.378 e. The van der Waals surface area contributed by atoms with Gasteiger partial charge in [0.1, 0.15) is 12.1 Å². The fourth-order valence-corrected chi connectivity index (χ4v) is 2.40. The Bertz CT molecular complexity index is 772. The Morgan fingerprint density at radius 1 is 1.28 bits per heavy atom. The van der Waals surface area contributed by atoms with Gasteiger partial charge in [0.15, 0.2) is 5.82 Å². The van der Waals surface area contributed by atoms with Crippen LogP contribution in [0.15, 0.2) is 41.8 Å². The van der Waals surface area contributed by atoms with Gasteiger partial charge >= 0.3 is 0 Å². The number of aromatic nitrogens is 2. The first-order valence-electron chi connectivity index (χ1n) is 7.83. The summed E-state index contributed by atoms with van der Waals surface area (Å²) in [6.45, 7) is 4.77. The number of nitrogens with one attached hydrogen (secondary N) is 1. The topological polar surface area (TPSA) is 106 Å². The molecule has 0 spiro atoms. The van der Waals surface area contributed by atoms with Crippen LogP contribution >= 0.6 is 0 Å². The monoisotopic (exact) mass is 342 g/mol. The second-order valence-corrected chi connectivity index (χ2v) is 5.47. The highest BCUT2D eigenvalue weighted by atomic mass is 16.6. The average Bonchev–Trinajstić information content (AvgIpc) is 2.67. The van der Waals surface area contributed by atoms with Crippen LogP contribution < -0.4 is 10.3 Å². The van der Waals surface area contributed by atoms with Crippen LogP contribution in [0.4, 0.5) is 17.3 Å². The van der Waals surface area contributed by atoms with E-state index < -0.39 is 4.92 Å². The Morgan fingerprint density at radius 2 is 2.00 bits per heavy atom. The molecule has 9 heteroatoms. The zero-order valence-corrected chi connectivity index (χ0v) is 13.8. The van der Waals surface area contributed by atoms with Crippen LogP contribution in [-0.2, 0) is 4.74 Å². The number of non-ortho nitro benzene ring substituents is 1. The summed E-state index contributed by atoms with van der Waals surface area (Å²) in [5.41, 5.74) is 4.44. The van der Waals surface area contributed by atoms with E-state index in [9.17, 15) is 10.1 Å². The summed E-state index contributed by atoms with van der Waals surface area (Å²) in [4.78, 5) is 20.8. The molecule has 0 amide bonds. The number of hydrogen-bond acceptors (Lipinski definition) is 8. The van der Waals surface area contributed by atoms with Crippen molar-refractivity contribution >= 4 is 23.0 Å².